The predicted octanol–water partition coefficient (Wildman–Crippen LogP) is 2.31. The van der Waals surface area contributed by atoms with E-state index in [1.165, 1.54) is 6.07 Å². The number of benzene rings is 1. The summed E-state index contributed by atoms with van der Waals surface area (Å²) in [7, 11) is 0. The molecule has 2 nitrogen and oxygen atoms in total. The summed E-state index contributed by atoms with van der Waals surface area (Å²) in [6.07, 6.45) is 4.85. The van der Waals surface area contributed by atoms with Crippen molar-refractivity contribution in [2.75, 3.05) is 6.54 Å². The Morgan fingerprint density at radius 1 is 1.40 bits per heavy atom. The molecule has 0 bridgehead atoms. The van der Waals surface area contributed by atoms with Gasteiger partial charge < -0.3 is 5.73 Å². The van der Waals surface area contributed by atoms with E-state index >= 15 is 0 Å². The molecule has 80 valence electrons. The van der Waals surface area contributed by atoms with Gasteiger partial charge in [-0.25, -0.2) is 4.39 Å². The third-order valence-electron chi connectivity index (χ3n) is 2.19. The van der Waals surface area contributed by atoms with E-state index < -0.39 is 5.82 Å². The lowest BCUT2D eigenvalue weighted by Crippen LogP contribution is -1.97. The molecule has 0 saturated heterocycles. The minimum absolute atomic E-state index is 0.114. The number of aldehydes is 1. The van der Waals surface area contributed by atoms with Gasteiger partial charge in [0.15, 0.2) is 6.29 Å². The van der Waals surface area contributed by atoms with Gasteiger partial charge in [-0.3, -0.25) is 4.79 Å². The Bertz CT molecular complexity index is 385. The van der Waals surface area contributed by atoms with Crippen LogP contribution in [0.4, 0.5) is 4.39 Å². The summed E-state index contributed by atoms with van der Waals surface area (Å²) in [6.45, 7) is 2.38. The summed E-state index contributed by atoms with van der Waals surface area (Å²) in [4.78, 5) is 10.7. The fraction of sp³-hybridized carbons (Fsp3) is 0.250. The van der Waals surface area contributed by atoms with Crippen LogP contribution in [0.2, 0.25) is 0 Å². The molecule has 0 saturated carbocycles. The highest BCUT2D eigenvalue weighted by molar-refractivity contribution is 5.83. The molecule has 0 spiro atoms. The predicted molar refractivity (Wildman–Crippen MR) is 59.2 cm³/mol. The SMILES string of the molecule is Cc1ccc(F)c(C=O)c1C=CCCN. The van der Waals surface area contributed by atoms with Crippen molar-refractivity contribution in [3.05, 3.63) is 40.7 Å². The van der Waals surface area contributed by atoms with Gasteiger partial charge in [-0.05, 0) is 37.1 Å². The summed E-state index contributed by atoms with van der Waals surface area (Å²) in [5.74, 6) is -0.483. The first kappa shape index (κ1) is 11.6. The van der Waals surface area contributed by atoms with Gasteiger partial charge in [-0.15, -0.1) is 0 Å². The molecule has 1 rings (SSSR count). The van der Waals surface area contributed by atoms with Crippen LogP contribution in [0, 0.1) is 12.7 Å². The maximum absolute atomic E-state index is 13.2. The van der Waals surface area contributed by atoms with Crippen LogP contribution in [0.1, 0.15) is 27.9 Å². The lowest BCUT2D eigenvalue weighted by Gasteiger charge is -2.04. The fourth-order valence-corrected chi connectivity index (χ4v) is 1.36. The van der Waals surface area contributed by atoms with Crippen molar-refractivity contribution >= 4 is 12.4 Å². The highest BCUT2D eigenvalue weighted by Crippen LogP contribution is 2.18. The number of aryl methyl sites for hydroxylation is 1. The first-order chi connectivity index (χ1) is 7.20. The molecule has 0 aliphatic heterocycles. The highest BCUT2D eigenvalue weighted by atomic mass is 19.1. The second-order valence-electron chi connectivity index (χ2n) is 3.29. The van der Waals surface area contributed by atoms with Gasteiger partial charge in [0.2, 0.25) is 0 Å². The summed E-state index contributed by atoms with van der Waals surface area (Å²) < 4.78 is 13.2. The molecule has 0 atom stereocenters. The van der Waals surface area contributed by atoms with E-state index in [0.29, 0.717) is 24.8 Å². The van der Waals surface area contributed by atoms with Crippen molar-refractivity contribution in [3.63, 3.8) is 0 Å². The van der Waals surface area contributed by atoms with E-state index in [2.05, 4.69) is 0 Å². The van der Waals surface area contributed by atoms with E-state index in [-0.39, 0.29) is 5.56 Å². The number of rotatable bonds is 4. The minimum Gasteiger partial charge on any atom is -0.330 e. The zero-order valence-corrected chi connectivity index (χ0v) is 8.66. The Hall–Kier alpha value is -1.48. The average Bonchev–Trinajstić information content (AvgIpc) is 2.23. The van der Waals surface area contributed by atoms with Gasteiger partial charge in [0.1, 0.15) is 5.82 Å². The Kier molecular flexibility index (Phi) is 4.18. The number of carbonyl (C=O) groups is 1. The zero-order valence-electron chi connectivity index (χ0n) is 8.66. The Morgan fingerprint density at radius 2 is 2.13 bits per heavy atom. The summed E-state index contributed by atoms with van der Waals surface area (Å²) in [5.41, 5.74) is 6.97. The number of hydrogen-bond donors (Lipinski definition) is 1. The number of nitrogens with two attached hydrogens (primary N) is 1. The summed E-state index contributed by atoms with van der Waals surface area (Å²) >= 11 is 0. The molecule has 0 heterocycles. The largest absolute Gasteiger partial charge is 0.330 e. The standard InChI is InChI=1S/C12H14FNO/c1-9-5-6-12(13)11(8-15)10(9)4-2-3-7-14/h2,4-6,8H,3,7,14H2,1H3. The highest BCUT2D eigenvalue weighted by Gasteiger charge is 2.07. The molecule has 1 aromatic rings. The average molecular weight is 207 g/mol. The molecule has 3 heteroatoms. The molecule has 0 unspecified atom stereocenters. The Balaban J connectivity index is 3.13. The number of carbonyl (C=O) groups excluding carboxylic acids is 1. The smallest absolute Gasteiger partial charge is 0.153 e. The Labute approximate surface area is 88.6 Å². The van der Waals surface area contributed by atoms with Crippen molar-refractivity contribution in [3.8, 4) is 0 Å². The van der Waals surface area contributed by atoms with Crippen molar-refractivity contribution in [1.29, 1.82) is 0 Å². The molecule has 0 aromatic heterocycles. The molecule has 2 N–H and O–H groups in total. The third-order valence-corrected chi connectivity index (χ3v) is 2.19. The molecular formula is C12H14FNO. The normalized spacial score (nSPS) is 10.9. The monoisotopic (exact) mass is 207 g/mol. The summed E-state index contributed by atoms with van der Waals surface area (Å²) in [5, 5.41) is 0. The molecule has 0 aliphatic carbocycles. The molecule has 0 radical (unpaired) electrons. The van der Waals surface area contributed by atoms with Crippen LogP contribution in [0.3, 0.4) is 0 Å². The molecule has 0 aliphatic rings. The number of hydrogen-bond acceptors (Lipinski definition) is 2. The van der Waals surface area contributed by atoms with Crippen molar-refractivity contribution < 1.29 is 9.18 Å². The van der Waals surface area contributed by atoms with E-state index in [0.717, 1.165) is 5.56 Å². The van der Waals surface area contributed by atoms with Crippen LogP contribution in [0.25, 0.3) is 6.08 Å². The minimum atomic E-state index is -0.483. The van der Waals surface area contributed by atoms with Crippen molar-refractivity contribution in [2.45, 2.75) is 13.3 Å². The van der Waals surface area contributed by atoms with E-state index in [9.17, 15) is 9.18 Å². The van der Waals surface area contributed by atoms with Crippen LogP contribution in [-0.4, -0.2) is 12.8 Å². The number of halogens is 1. The maximum Gasteiger partial charge on any atom is 0.153 e. The van der Waals surface area contributed by atoms with Crippen molar-refractivity contribution in [2.24, 2.45) is 5.73 Å². The van der Waals surface area contributed by atoms with Crippen LogP contribution in [0.5, 0.6) is 0 Å². The van der Waals surface area contributed by atoms with Gasteiger partial charge in [-0.1, -0.05) is 18.2 Å². The second-order valence-corrected chi connectivity index (χ2v) is 3.29. The lowest BCUT2D eigenvalue weighted by molar-refractivity contribution is 0.111. The van der Waals surface area contributed by atoms with E-state index in [1.807, 2.05) is 13.0 Å². The van der Waals surface area contributed by atoms with Crippen molar-refractivity contribution in [1.82, 2.24) is 0 Å². The maximum atomic E-state index is 13.2. The van der Waals surface area contributed by atoms with Crippen LogP contribution in [-0.2, 0) is 0 Å². The molecule has 0 fully saturated rings. The first-order valence-corrected chi connectivity index (χ1v) is 4.81. The van der Waals surface area contributed by atoms with Gasteiger partial charge in [0.05, 0.1) is 5.56 Å². The van der Waals surface area contributed by atoms with Gasteiger partial charge in [-0.2, -0.15) is 0 Å². The fourth-order valence-electron chi connectivity index (χ4n) is 1.36. The van der Waals surface area contributed by atoms with Gasteiger partial charge >= 0.3 is 0 Å². The van der Waals surface area contributed by atoms with Gasteiger partial charge in [0, 0.05) is 0 Å². The Morgan fingerprint density at radius 3 is 2.73 bits per heavy atom. The zero-order chi connectivity index (χ0) is 11.3. The first-order valence-electron chi connectivity index (χ1n) is 4.81. The van der Waals surface area contributed by atoms with Crippen LogP contribution >= 0.6 is 0 Å². The molecule has 1 aromatic carbocycles. The topological polar surface area (TPSA) is 43.1 Å². The second kappa shape index (κ2) is 5.41. The summed E-state index contributed by atoms with van der Waals surface area (Å²) in [6, 6.07) is 2.96. The molecule has 15 heavy (non-hydrogen) atoms. The lowest BCUT2D eigenvalue weighted by atomic mass is 10.0. The van der Waals surface area contributed by atoms with E-state index in [4.69, 9.17) is 5.73 Å². The molecule has 0 amide bonds. The van der Waals surface area contributed by atoms with E-state index in [1.54, 1.807) is 12.1 Å². The van der Waals surface area contributed by atoms with Crippen LogP contribution in [0.15, 0.2) is 18.2 Å². The third kappa shape index (κ3) is 2.73. The van der Waals surface area contributed by atoms with Crippen LogP contribution < -0.4 is 5.73 Å². The van der Waals surface area contributed by atoms with Gasteiger partial charge in [0.25, 0.3) is 0 Å². The quantitative estimate of drug-likeness (QED) is 0.770. The molecular weight excluding hydrogens is 193 g/mol.